The fourth-order valence-electron chi connectivity index (χ4n) is 1.75. The first kappa shape index (κ1) is 19.8. The highest BCUT2D eigenvalue weighted by Gasteiger charge is 2.14. The molecule has 20 heavy (non-hydrogen) atoms. The third kappa shape index (κ3) is 15.9. The van der Waals surface area contributed by atoms with Crippen LogP contribution in [0, 0.1) is 0 Å². The summed E-state index contributed by atoms with van der Waals surface area (Å²) < 4.78 is 16.3. The van der Waals surface area contributed by atoms with Crippen LogP contribution in [-0.4, -0.2) is 75.4 Å². The molecule has 0 rings (SSSR count). The number of hydrogen-bond acceptors (Lipinski definition) is 5. The Morgan fingerprint density at radius 3 is 1.90 bits per heavy atom. The van der Waals surface area contributed by atoms with E-state index in [0.717, 1.165) is 26.0 Å². The number of ether oxygens (including phenoxy) is 3. The normalized spacial score (nSPS) is 12.3. The Labute approximate surface area is 124 Å². The number of unbranched alkanes of at least 4 members (excludes halogenated alkanes) is 1. The van der Waals surface area contributed by atoms with E-state index in [4.69, 9.17) is 14.2 Å². The van der Waals surface area contributed by atoms with Crippen molar-refractivity contribution < 1.29 is 19.3 Å². The van der Waals surface area contributed by atoms with Crippen molar-refractivity contribution in [2.75, 3.05) is 59.8 Å². The zero-order chi connectivity index (χ0) is 15.3. The highest BCUT2D eigenvalue weighted by Crippen LogP contribution is 2.02. The highest BCUT2D eigenvalue weighted by molar-refractivity contribution is 4.69. The minimum atomic E-state index is -0.657. The van der Waals surface area contributed by atoms with Gasteiger partial charge < -0.3 is 24.2 Å². The molecular formula is C15H33NO4. The molecule has 0 aromatic rings. The molecule has 0 radical (unpaired) electrons. The summed E-state index contributed by atoms with van der Waals surface area (Å²) in [5.74, 6) is 0. The molecule has 0 saturated carbocycles. The van der Waals surface area contributed by atoms with E-state index < -0.39 is 5.60 Å². The van der Waals surface area contributed by atoms with Gasteiger partial charge in [-0.25, -0.2) is 0 Å². The van der Waals surface area contributed by atoms with E-state index in [-0.39, 0.29) is 0 Å². The number of likely N-dealkylation sites (N-methyl/N-ethyl adjacent to an activating group) is 1. The number of hydrogen-bond donors (Lipinski definition) is 1. The molecule has 0 aliphatic rings. The zero-order valence-corrected chi connectivity index (χ0v) is 13.7. The molecule has 0 spiro atoms. The van der Waals surface area contributed by atoms with Crippen molar-refractivity contribution in [3.8, 4) is 0 Å². The van der Waals surface area contributed by atoms with Crippen LogP contribution in [-0.2, 0) is 14.2 Å². The minimum absolute atomic E-state index is 0.602. The summed E-state index contributed by atoms with van der Waals surface area (Å²) in [6.07, 6.45) is 2.28. The van der Waals surface area contributed by atoms with E-state index in [1.54, 1.807) is 13.8 Å². The summed E-state index contributed by atoms with van der Waals surface area (Å²) in [5.41, 5.74) is -0.657. The Balaban J connectivity index is 3.17. The van der Waals surface area contributed by atoms with Crippen molar-refractivity contribution >= 4 is 0 Å². The van der Waals surface area contributed by atoms with Gasteiger partial charge in [0, 0.05) is 19.7 Å². The van der Waals surface area contributed by atoms with Crippen molar-refractivity contribution in [1.29, 1.82) is 0 Å². The first-order chi connectivity index (χ1) is 9.45. The van der Waals surface area contributed by atoms with Crippen molar-refractivity contribution in [3.63, 3.8) is 0 Å². The van der Waals surface area contributed by atoms with Crippen LogP contribution in [0.1, 0.15) is 33.6 Å². The lowest BCUT2D eigenvalue weighted by molar-refractivity contribution is 0.00400. The van der Waals surface area contributed by atoms with Crippen LogP contribution in [0.3, 0.4) is 0 Å². The predicted molar refractivity (Wildman–Crippen MR) is 81.2 cm³/mol. The van der Waals surface area contributed by atoms with Gasteiger partial charge in [0.25, 0.3) is 0 Å². The lowest BCUT2D eigenvalue weighted by Gasteiger charge is -2.25. The highest BCUT2D eigenvalue weighted by atomic mass is 16.5. The van der Waals surface area contributed by atoms with Crippen LogP contribution >= 0.6 is 0 Å². The van der Waals surface area contributed by atoms with Crippen LogP contribution < -0.4 is 0 Å². The van der Waals surface area contributed by atoms with Gasteiger partial charge in [-0.15, -0.1) is 0 Å². The molecule has 0 aliphatic carbocycles. The van der Waals surface area contributed by atoms with Gasteiger partial charge in [0.1, 0.15) is 0 Å². The molecule has 0 aromatic heterocycles. The average molecular weight is 291 g/mol. The Kier molecular flexibility index (Phi) is 12.4. The lowest BCUT2D eigenvalue weighted by atomic mass is 10.1. The summed E-state index contributed by atoms with van der Waals surface area (Å²) in [4.78, 5) is 2.06. The second kappa shape index (κ2) is 12.5. The quantitative estimate of drug-likeness (QED) is 0.492. The van der Waals surface area contributed by atoms with Crippen molar-refractivity contribution in [3.05, 3.63) is 0 Å². The first-order valence-electron chi connectivity index (χ1n) is 7.60. The topological polar surface area (TPSA) is 51.2 Å². The van der Waals surface area contributed by atoms with Crippen LogP contribution in [0.2, 0.25) is 0 Å². The maximum Gasteiger partial charge on any atom is 0.0718 e. The van der Waals surface area contributed by atoms with Gasteiger partial charge in [-0.2, -0.15) is 0 Å². The lowest BCUT2D eigenvalue weighted by Crippen LogP contribution is -2.37. The van der Waals surface area contributed by atoms with Gasteiger partial charge in [0.05, 0.1) is 38.6 Å². The predicted octanol–water partition coefficient (Wildman–Crippen LogP) is 1.54. The number of aliphatic hydroxyl groups is 1. The van der Waals surface area contributed by atoms with Crippen molar-refractivity contribution in [2.24, 2.45) is 0 Å². The van der Waals surface area contributed by atoms with Gasteiger partial charge in [-0.05, 0) is 27.3 Å². The van der Waals surface area contributed by atoms with E-state index in [2.05, 4.69) is 11.8 Å². The fraction of sp³-hybridized carbons (Fsp3) is 1.00. The summed E-state index contributed by atoms with van der Waals surface area (Å²) in [6.45, 7) is 11.2. The van der Waals surface area contributed by atoms with Crippen LogP contribution in [0.5, 0.6) is 0 Å². The summed E-state index contributed by atoms with van der Waals surface area (Å²) in [6, 6.07) is 0. The maximum atomic E-state index is 9.65. The Hall–Kier alpha value is -0.200. The maximum absolute atomic E-state index is 9.65. The van der Waals surface area contributed by atoms with Crippen LogP contribution in [0.25, 0.3) is 0 Å². The average Bonchev–Trinajstić information content (AvgIpc) is 2.34. The fourth-order valence-corrected chi connectivity index (χ4v) is 1.75. The molecule has 0 aromatic carbocycles. The number of rotatable bonds is 14. The molecular weight excluding hydrogens is 258 g/mol. The molecule has 5 nitrogen and oxygen atoms in total. The van der Waals surface area contributed by atoms with E-state index in [0.29, 0.717) is 39.6 Å². The third-order valence-electron chi connectivity index (χ3n) is 2.66. The first-order valence-corrected chi connectivity index (χ1v) is 7.60. The van der Waals surface area contributed by atoms with Gasteiger partial charge in [0.15, 0.2) is 0 Å². The monoisotopic (exact) mass is 291 g/mol. The molecule has 0 unspecified atom stereocenters. The Morgan fingerprint density at radius 2 is 1.40 bits per heavy atom. The summed E-state index contributed by atoms with van der Waals surface area (Å²) >= 11 is 0. The largest absolute Gasteiger partial charge is 0.389 e. The second-order valence-corrected chi connectivity index (χ2v) is 5.74. The Morgan fingerprint density at radius 1 is 0.900 bits per heavy atom. The van der Waals surface area contributed by atoms with E-state index in [9.17, 15) is 5.11 Å². The third-order valence-corrected chi connectivity index (χ3v) is 2.66. The molecule has 0 saturated heterocycles. The van der Waals surface area contributed by atoms with Crippen molar-refractivity contribution in [1.82, 2.24) is 4.90 Å². The smallest absolute Gasteiger partial charge is 0.0718 e. The molecule has 5 heteroatoms. The summed E-state index contributed by atoms with van der Waals surface area (Å²) in [7, 11) is 1.98. The van der Waals surface area contributed by atoms with Gasteiger partial charge in [-0.1, -0.05) is 13.3 Å². The molecule has 0 heterocycles. The molecule has 0 bridgehead atoms. The molecule has 122 valence electrons. The standard InChI is InChI=1S/C15H33NO4/c1-5-6-8-18-10-12-20-13-11-19-9-7-16(4)14-15(2,3)17/h17H,5-14H2,1-4H3. The Bertz CT molecular complexity index is 207. The van der Waals surface area contributed by atoms with E-state index >= 15 is 0 Å². The SMILES string of the molecule is CCCCOCCOCCOCCN(C)CC(C)(C)O. The molecule has 0 amide bonds. The number of nitrogens with zero attached hydrogens (tertiary/aromatic N) is 1. The zero-order valence-electron chi connectivity index (χ0n) is 13.7. The van der Waals surface area contributed by atoms with Gasteiger partial charge in [-0.3, -0.25) is 0 Å². The van der Waals surface area contributed by atoms with Gasteiger partial charge in [0.2, 0.25) is 0 Å². The van der Waals surface area contributed by atoms with Crippen LogP contribution in [0.4, 0.5) is 0 Å². The molecule has 1 N–H and O–H groups in total. The second-order valence-electron chi connectivity index (χ2n) is 5.74. The van der Waals surface area contributed by atoms with Crippen molar-refractivity contribution in [2.45, 2.75) is 39.2 Å². The summed E-state index contributed by atoms with van der Waals surface area (Å²) in [5, 5.41) is 9.65. The van der Waals surface area contributed by atoms with Gasteiger partial charge >= 0.3 is 0 Å². The molecule has 0 fully saturated rings. The van der Waals surface area contributed by atoms with E-state index in [1.807, 2.05) is 7.05 Å². The molecule has 0 atom stereocenters. The van der Waals surface area contributed by atoms with E-state index in [1.165, 1.54) is 0 Å². The minimum Gasteiger partial charge on any atom is -0.389 e. The molecule has 0 aliphatic heterocycles. The van der Waals surface area contributed by atoms with Crippen LogP contribution in [0.15, 0.2) is 0 Å².